The van der Waals surface area contributed by atoms with E-state index < -0.39 is 0 Å². The Bertz CT molecular complexity index is 769. The van der Waals surface area contributed by atoms with Gasteiger partial charge in [0.15, 0.2) is 5.11 Å². The molecule has 0 fully saturated rings. The maximum atomic E-state index is 12.0. The molecule has 2 aromatic carbocycles. The molecule has 0 bridgehead atoms. The van der Waals surface area contributed by atoms with Gasteiger partial charge in [-0.15, -0.1) is 0 Å². The molecule has 0 unspecified atom stereocenters. The number of amides is 1. The summed E-state index contributed by atoms with van der Waals surface area (Å²) in [6.45, 7) is 6.46. The van der Waals surface area contributed by atoms with E-state index in [1.54, 1.807) is 31.1 Å². The predicted molar refractivity (Wildman–Crippen MR) is 113 cm³/mol. The zero-order chi connectivity index (χ0) is 19.3. The molecule has 0 aliphatic rings. The third-order valence-electron chi connectivity index (χ3n) is 4.27. The number of carbonyl (C=O) groups excluding carboxylic acids is 1. The molecule has 0 aromatic heterocycles. The average molecular weight is 370 g/mol. The molecular weight excluding hydrogens is 342 g/mol. The normalized spacial score (nSPS) is 11.8. The van der Waals surface area contributed by atoms with Crippen LogP contribution in [0.3, 0.4) is 0 Å². The van der Waals surface area contributed by atoms with Gasteiger partial charge in [-0.3, -0.25) is 4.79 Å². The highest BCUT2D eigenvalue weighted by Gasteiger charge is 2.18. The van der Waals surface area contributed by atoms with Gasteiger partial charge in [0, 0.05) is 25.3 Å². The first kappa shape index (κ1) is 19.9. The van der Waals surface area contributed by atoms with Crippen molar-refractivity contribution < 1.29 is 4.79 Å². The lowest BCUT2D eigenvalue weighted by Crippen LogP contribution is -2.35. The van der Waals surface area contributed by atoms with Crippen LogP contribution in [0, 0.1) is 12.8 Å². The lowest BCUT2D eigenvalue weighted by molar-refractivity contribution is 0.0827. The molecule has 1 atom stereocenters. The molecule has 1 amide bonds. The second-order valence-corrected chi connectivity index (χ2v) is 7.36. The number of carbonyl (C=O) groups is 1. The fourth-order valence-electron chi connectivity index (χ4n) is 2.80. The topological polar surface area (TPSA) is 44.4 Å². The zero-order valence-corrected chi connectivity index (χ0v) is 16.9. The molecule has 0 saturated heterocycles. The summed E-state index contributed by atoms with van der Waals surface area (Å²) in [5.41, 5.74) is 4.00. The zero-order valence-electron chi connectivity index (χ0n) is 16.0. The van der Waals surface area contributed by atoms with Crippen molar-refractivity contribution in [1.29, 1.82) is 0 Å². The summed E-state index contributed by atoms with van der Waals surface area (Å²) < 4.78 is 0. The minimum atomic E-state index is -0.0170. The maximum Gasteiger partial charge on any atom is 0.253 e. The van der Waals surface area contributed by atoms with Crippen molar-refractivity contribution in [2.45, 2.75) is 26.8 Å². The van der Waals surface area contributed by atoms with Crippen LogP contribution in [0.1, 0.15) is 41.4 Å². The molecule has 138 valence electrons. The first-order valence-electron chi connectivity index (χ1n) is 8.74. The van der Waals surface area contributed by atoms with Crippen LogP contribution < -0.4 is 10.6 Å². The first-order valence-corrected chi connectivity index (χ1v) is 9.15. The summed E-state index contributed by atoms with van der Waals surface area (Å²) in [7, 11) is 3.48. The number of anilines is 1. The molecule has 0 radical (unpaired) electrons. The Hall–Kier alpha value is -2.40. The molecule has 2 aromatic rings. The van der Waals surface area contributed by atoms with Gasteiger partial charge in [-0.25, -0.2) is 0 Å². The lowest BCUT2D eigenvalue weighted by atomic mass is 9.93. The minimum Gasteiger partial charge on any atom is -0.355 e. The van der Waals surface area contributed by atoms with E-state index in [0.29, 0.717) is 16.6 Å². The number of nitrogens with zero attached hydrogens (tertiary/aromatic N) is 1. The summed E-state index contributed by atoms with van der Waals surface area (Å²) >= 11 is 5.50. The van der Waals surface area contributed by atoms with Gasteiger partial charge in [-0.1, -0.05) is 38.1 Å². The van der Waals surface area contributed by atoms with Gasteiger partial charge in [0.25, 0.3) is 5.91 Å². The van der Waals surface area contributed by atoms with Crippen molar-refractivity contribution in [3.8, 4) is 0 Å². The highest BCUT2D eigenvalue weighted by atomic mass is 32.1. The van der Waals surface area contributed by atoms with Gasteiger partial charge in [0.1, 0.15) is 0 Å². The number of rotatable bonds is 5. The number of hydrogen-bond donors (Lipinski definition) is 2. The van der Waals surface area contributed by atoms with Crippen LogP contribution in [0.4, 0.5) is 5.69 Å². The van der Waals surface area contributed by atoms with E-state index in [1.165, 1.54) is 11.1 Å². The monoisotopic (exact) mass is 369 g/mol. The van der Waals surface area contributed by atoms with Crippen LogP contribution in [0.5, 0.6) is 0 Å². The molecule has 0 heterocycles. The van der Waals surface area contributed by atoms with Gasteiger partial charge in [0.05, 0.1) is 6.04 Å². The summed E-state index contributed by atoms with van der Waals surface area (Å²) in [5, 5.41) is 7.20. The first-order chi connectivity index (χ1) is 12.3. The quantitative estimate of drug-likeness (QED) is 0.768. The van der Waals surface area contributed by atoms with E-state index in [0.717, 1.165) is 5.69 Å². The van der Waals surface area contributed by atoms with E-state index in [4.69, 9.17) is 12.2 Å². The molecule has 5 heteroatoms. The Kier molecular flexibility index (Phi) is 6.75. The predicted octanol–water partition coefficient (Wildman–Crippen LogP) is 4.38. The van der Waals surface area contributed by atoms with Crippen LogP contribution >= 0.6 is 12.2 Å². The molecule has 0 spiro atoms. The van der Waals surface area contributed by atoms with Crippen molar-refractivity contribution in [3.63, 3.8) is 0 Å². The molecule has 2 rings (SSSR count). The van der Waals surface area contributed by atoms with Crippen molar-refractivity contribution in [2.24, 2.45) is 5.92 Å². The molecule has 0 saturated carbocycles. The summed E-state index contributed by atoms with van der Waals surface area (Å²) in [6.07, 6.45) is 0. The second-order valence-electron chi connectivity index (χ2n) is 6.95. The van der Waals surface area contributed by atoms with Crippen molar-refractivity contribution in [1.82, 2.24) is 10.2 Å². The molecule has 4 nitrogen and oxygen atoms in total. The summed E-state index contributed by atoms with van der Waals surface area (Å²) in [4.78, 5) is 13.5. The molecule has 0 aliphatic carbocycles. The number of benzene rings is 2. The Morgan fingerprint density at radius 3 is 2.19 bits per heavy atom. The number of aryl methyl sites for hydroxylation is 1. The van der Waals surface area contributed by atoms with E-state index in [2.05, 4.69) is 49.6 Å². The fourth-order valence-corrected chi connectivity index (χ4v) is 3.05. The Labute approximate surface area is 161 Å². The molecule has 26 heavy (non-hydrogen) atoms. The van der Waals surface area contributed by atoms with Crippen molar-refractivity contribution >= 4 is 28.9 Å². The maximum absolute atomic E-state index is 12.0. The number of thiocarbonyl (C=S) groups is 1. The van der Waals surface area contributed by atoms with Crippen LogP contribution in [0.2, 0.25) is 0 Å². The smallest absolute Gasteiger partial charge is 0.253 e. The Balaban J connectivity index is 2.07. The third kappa shape index (κ3) is 5.05. The largest absolute Gasteiger partial charge is 0.355 e. The highest BCUT2D eigenvalue weighted by molar-refractivity contribution is 7.80. The average Bonchev–Trinajstić information content (AvgIpc) is 2.60. The fraction of sp³-hybridized carbons (Fsp3) is 0.333. The van der Waals surface area contributed by atoms with Gasteiger partial charge >= 0.3 is 0 Å². The standard InChI is InChI=1S/C21H27N3OS/c1-14(2)19(18-9-7-6-8-15(18)3)23-21(26)22-17-12-10-16(11-13-17)20(25)24(4)5/h6-14,19H,1-5H3,(H2,22,23,26)/t19-/m1/s1. The Morgan fingerprint density at radius 2 is 1.65 bits per heavy atom. The Morgan fingerprint density at radius 1 is 1.04 bits per heavy atom. The lowest BCUT2D eigenvalue weighted by Gasteiger charge is -2.26. The number of hydrogen-bond acceptors (Lipinski definition) is 2. The van der Waals surface area contributed by atoms with Gasteiger partial charge in [0.2, 0.25) is 0 Å². The van der Waals surface area contributed by atoms with E-state index >= 15 is 0 Å². The third-order valence-corrected chi connectivity index (χ3v) is 4.49. The molecule has 2 N–H and O–H groups in total. The summed E-state index contributed by atoms with van der Waals surface area (Å²) in [6, 6.07) is 15.8. The van der Waals surface area contributed by atoms with Crippen molar-refractivity contribution in [2.75, 3.05) is 19.4 Å². The van der Waals surface area contributed by atoms with Crippen LogP contribution in [0.15, 0.2) is 48.5 Å². The highest BCUT2D eigenvalue weighted by Crippen LogP contribution is 2.24. The molecular formula is C21H27N3OS. The SMILES string of the molecule is Cc1ccccc1[C@H](NC(=S)Nc1ccc(C(=O)N(C)C)cc1)C(C)C. The molecule has 0 aliphatic heterocycles. The van der Waals surface area contributed by atoms with Gasteiger partial charge in [-0.2, -0.15) is 0 Å². The van der Waals surface area contributed by atoms with Crippen LogP contribution in [0.25, 0.3) is 0 Å². The van der Waals surface area contributed by atoms with Crippen molar-refractivity contribution in [3.05, 3.63) is 65.2 Å². The van der Waals surface area contributed by atoms with E-state index in [9.17, 15) is 4.79 Å². The number of nitrogens with one attached hydrogen (secondary N) is 2. The van der Waals surface area contributed by atoms with E-state index in [-0.39, 0.29) is 11.9 Å². The van der Waals surface area contributed by atoms with Crippen LogP contribution in [-0.4, -0.2) is 30.0 Å². The van der Waals surface area contributed by atoms with E-state index in [1.807, 2.05) is 18.2 Å². The second kappa shape index (κ2) is 8.81. The van der Waals surface area contributed by atoms with Crippen LogP contribution in [-0.2, 0) is 0 Å². The van der Waals surface area contributed by atoms with Gasteiger partial charge in [-0.05, 0) is 60.5 Å². The summed E-state index contributed by atoms with van der Waals surface area (Å²) in [5.74, 6) is 0.368. The van der Waals surface area contributed by atoms with Gasteiger partial charge < -0.3 is 15.5 Å². The minimum absolute atomic E-state index is 0.0170.